The van der Waals surface area contributed by atoms with E-state index in [4.69, 9.17) is 0 Å². The number of aliphatic imine (C=N–C) groups is 1. The SMILES string of the molecule is COC=C(C)C(=O)N=C=S. The van der Waals surface area contributed by atoms with E-state index in [2.05, 4.69) is 21.9 Å². The summed E-state index contributed by atoms with van der Waals surface area (Å²) >= 11 is 4.23. The summed E-state index contributed by atoms with van der Waals surface area (Å²) < 4.78 is 4.57. The Bertz CT molecular complexity index is 204. The number of carbonyl (C=O) groups excluding carboxylic acids is 1. The maximum Gasteiger partial charge on any atom is 0.284 e. The molecule has 0 saturated carbocycles. The summed E-state index contributed by atoms with van der Waals surface area (Å²) in [6.45, 7) is 1.59. The first kappa shape index (κ1) is 9.01. The summed E-state index contributed by atoms with van der Waals surface area (Å²) in [6, 6.07) is 0. The quantitative estimate of drug-likeness (QED) is 0.261. The third-order valence-electron chi connectivity index (χ3n) is 0.779. The van der Waals surface area contributed by atoms with Crippen molar-refractivity contribution < 1.29 is 9.53 Å². The van der Waals surface area contributed by atoms with Crippen LogP contribution in [0.2, 0.25) is 0 Å². The maximum atomic E-state index is 10.7. The van der Waals surface area contributed by atoms with Crippen molar-refractivity contribution in [1.29, 1.82) is 0 Å². The fraction of sp³-hybridized carbons (Fsp3) is 0.333. The van der Waals surface area contributed by atoms with Crippen LogP contribution in [-0.4, -0.2) is 18.2 Å². The Morgan fingerprint density at radius 2 is 2.40 bits per heavy atom. The van der Waals surface area contributed by atoms with Crippen molar-refractivity contribution >= 4 is 23.3 Å². The predicted octanol–water partition coefficient (Wildman–Crippen LogP) is 1.17. The molecule has 0 fully saturated rings. The first-order chi connectivity index (χ1) is 4.72. The Morgan fingerprint density at radius 1 is 1.80 bits per heavy atom. The van der Waals surface area contributed by atoms with Crippen molar-refractivity contribution in [3.8, 4) is 0 Å². The van der Waals surface area contributed by atoms with Gasteiger partial charge in [-0.05, 0) is 19.1 Å². The van der Waals surface area contributed by atoms with Crippen LogP contribution in [0.15, 0.2) is 16.8 Å². The Labute approximate surface area is 64.4 Å². The number of hydrogen-bond donors (Lipinski definition) is 0. The number of methoxy groups -OCH3 is 1. The van der Waals surface area contributed by atoms with Gasteiger partial charge in [0.1, 0.15) is 0 Å². The van der Waals surface area contributed by atoms with Gasteiger partial charge in [0.05, 0.1) is 24.1 Å². The molecule has 0 radical (unpaired) electrons. The van der Waals surface area contributed by atoms with E-state index in [-0.39, 0.29) is 0 Å². The van der Waals surface area contributed by atoms with Gasteiger partial charge in [-0.15, -0.1) is 0 Å². The Kier molecular flexibility index (Phi) is 4.37. The minimum absolute atomic E-state index is 0.403. The number of amides is 1. The number of nitrogens with zero attached hydrogens (tertiary/aromatic N) is 1. The van der Waals surface area contributed by atoms with Crippen molar-refractivity contribution in [1.82, 2.24) is 0 Å². The van der Waals surface area contributed by atoms with Crippen LogP contribution >= 0.6 is 12.2 Å². The molecule has 0 aromatic carbocycles. The standard InChI is InChI=1S/C6H7NO2S/c1-5(3-9-2)6(8)7-4-10/h3H,1-2H3. The number of ether oxygens (including phenoxy) is 1. The number of hydrogen-bond acceptors (Lipinski definition) is 3. The lowest BCUT2D eigenvalue weighted by molar-refractivity contribution is -0.114. The highest BCUT2D eigenvalue weighted by Gasteiger charge is 1.99. The van der Waals surface area contributed by atoms with E-state index < -0.39 is 5.91 Å². The lowest BCUT2D eigenvalue weighted by Crippen LogP contribution is -1.93. The van der Waals surface area contributed by atoms with Gasteiger partial charge in [-0.3, -0.25) is 4.79 Å². The van der Waals surface area contributed by atoms with Crippen molar-refractivity contribution in [2.24, 2.45) is 4.99 Å². The van der Waals surface area contributed by atoms with Gasteiger partial charge in [-0.25, -0.2) is 0 Å². The van der Waals surface area contributed by atoms with Gasteiger partial charge in [0, 0.05) is 0 Å². The average molecular weight is 157 g/mol. The molecule has 0 atom stereocenters. The van der Waals surface area contributed by atoms with Gasteiger partial charge in [0.25, 0.3) is 5.91 Å². The summed E-state index contributed by atoms with van der Waals surface area (Å²) in [5.41, 5.74) is 0.403. The fourth-order valence-electron chi connectivity index (χ4n) is 0.357. The second-order valence-electron chi connectivity index (χ2n) is 1.54. The number of isothiocyanates is 1. The molecule has 0 heterocycles. The van der Waals surface area contributed by atoms with Crippen LogP contribution in [0.4, 0.5) is 0 Å². The van der Waals surface area contributed by atoms with Crippen LogP contribution in [-0.2, 0) is 9.53 Å². The monoisotopic (exact) mass is 157 g/mol. The van der Waals surface area contributed by atoms with Crippen molar-refractivity contribution in [3.05, 3.63) is 11.8 Å². The zero-order valence-corrected chi connectivity index (χ0v) is 6.57. The van der Waals surface area contributed by atoms with Crippen LogP contribution in [0.3, 0.4) is 0 Å². The average Bonchev–Trinajstić information content (AvgIpc) is 1.89. The molecule has 0 rings (SSSR count). The summed E-state index contributed by atoms with van der Waals surface area (Å²) in [7, 11) is 1.46. The van der Waals surface area contributed by atoms with Crippen molar-refractivity contribution in [2.45, 2.75) is 6.92 Å². The molecular formula is C6H7NO2S. The van der Waals surface area contributed by atoms with Gasteiger partial charge >= 0.3 is 0 Å². The second kappa shape index (κ2) is 4.85. The number of carbonyl (C=O) groups is 1. The van der Waals surface area contributed by atoms with Gasteiger partial charge in [-0.1, -0.05) is 0 Å². The molecule has 4 heteroatoms. The topological polar surface area (TPSA) is 38.7 Å². The van der Waals surface area contributed by atoms with Crippen molar-refractivity contribution in [2.75, 3.05) is 7.11 Å². The molecule has 0 aliphatic heterocycles. The minimum atomic E-state index is -0.420. The van der Waals surface area contributed by atoms with Crippen LogP contribution in [0.5, 0.6) is 0 Å². The highest BCUT2D eigenvalue weighted by atomic mass is 32.1. The fourth-order valence-corrected chi connectivity index (χ4v) is 0.440. The van der Waals surface area contributed by atoms with Crippen LogP contribution in [0.25, 0.3) is 0 Å². The maximum absolute atomic E-state index is 10.7. The van der Waals surface area contributed by atoms with E-state index in [9.17, 15) is 4.79 Å². The summed E-state index contributed by atoms with van der Waals surface area (Å²) in [4.78, 5) is 13.9. The second-order valence-corrected chi connectivity index (χ2v) is 1.73. The highest BCUT2D eigenvalue weighted by molar-refractivity contribution is 7.78. The highest BCUT2D eigenvalue weighted by Crippen LogP contribution is 1.94. The normalized spacial score (nSPS) is 10.0. The summed E-state index contributed by atoms with van der Waals surface area (Å²) in [6.07, 6.45) is 1.30. The molecule has 0 aromatic rings. The molecule has 54 valence electrons. The molecule has 0 aliphatic rings. The smallest absolute Gasteiger partial charge is 0.284 e. The van der Waals surface area contributed by atoms with Crippen molar-refractivity contribution in [3.63, 3.8) is 0 Å². The molecular weight excluding hydrogens is 150 g/mol. The largest absolute Gasteiger partial charge is 0.504 e. The molecule has 0 aliphatic carbocycles. The Hall–Kier alpha value is -0.990. The molecule has 1 amide bonds. The summed E-state index contributed by atoms with van der Waals surface area (Å²) in [5.74, 6) is -0.420. The lowest BCUT2D eigenvalue weighted by atomic mass is 10.3. The number of thiocarbonyl (C=S) groups is 1. The molecule has 0 saturated heterocycles. The zero-order chi connectivity index (χ0) is 7.98. The first-order valence-electron chi connectivity index (χ1n) is 2.54. The van der Waals surface area contributed by atoms with Crippen LogP contribution in [0, 0.1) is 0 Å². The number of rotatable bonds is 2. The Morgan fingerprint density at radius 3 is 2.80 bits per heavy atom. The van der Waals surface area contributed by atoms with Gasteiger partial charge in [-0.2, -0.15) is 4.99 Å². The van der Waals surface area contributed by atoms with Crippen LogP contribution in [0.1, 0.15) is 6.92 Å². The molecule has 0 N–H and O–H groups in total. The third-order valence-corrected chi connectivity index (χ3v) is 0.870. The molecule has 10 heavy (non-hydrogen) atoms. The molecule has 0 bridgehead atoms. The van der Waals surface area contributed by atoms with E-state index in [0.717, 1.165) is 0 Å². The van der Waals surface area contributed by atoms with Crippen LogP contribution < -0.4 is 0 Å². The van der Waals surface area contributed by atoms with E-state index in [1.807, 2.05) is 5.16 Å². The third kappa shape index (κ3) is 3.12. The van der Waals surface area contributed by atoms with Gasteiger partial charge < -0.3 is 4.74 Å². The Balaban J connectivity index is 4.21. The molecule has 3 nitrogen and oxygen atoms in total. The summed E-state index contributed by atoms with van der Waals surface area (Å²) in [5, 5.41) is 1.97. The van der Waals surface area contributed by atoms with E-state index in [1.165, 1.54) is 13.4 Å². The molecule has 0 aromatic heterocycles. The lowest BCUT2D eigenvalue weighted by Gasteiger charge is -1.90. The van der Waals surface area contributed by atoms with E-state index >= 15 is 0 Å². The zero-order valence-electron chi connectivity index (χ0n) is 5.75. The van der Waals surface area contributed by atoms with Gasteiger partial charge in [0.2, 0.25) is 0 Å². The predicted molar refractivity (Wildman–Crippen MR) is 40.8 cm³/mol. The minimum Gasteiger partial charge on any atom is -0.504 e. The first-order valence-corrected chi connectivity index (χ1v) is 2.95. The van der Waals surface area contributed by atoms with E-state index in [0.29, 0.717) is 5.57 Å². The van der Waals surface area contributed by atoms with Gasteiger partial charge in [0.15, 0.2) is 0 Å². The molecule has 0 unspecified atom stereocenters. The molecule has 0 spiro atoms. The van der Waals surface area contributed by atoms with E-state index in [1.54, 1.807) is 6.92 Å².